The number of esters is 1. The molecule has 0 radical (unpaired) electrons. The van der Waals surface area contributed by atoms with Crippen LogP contribution in [0.2, 0.25) is 0 Å². The molecule has 17 heavy (non-hydrogen) atoms. The van der Waals surface area contributed by atoms with Gasteiger partial charge in [0, 0.05) is 18.1 Å². The third-order valence-corrected chi connectivity index (χ3v) is 2.62. The summed E-state index contributed by atoms with van der Waals surface area (Å²) < 4.78 is 5.26. The first-order valence-electron chi connectivity index (χ1n) is 4.90. The van der Waals surface area contributed by atoms with Crippen LogP contribution in [0.1, 0.15) is 15.9 Å². The van der Waals surface area contributed by atoms with Crippen LogP contribution in [0.3, 0.4) is 0 Å². The van der Waals surface area contributed by atoms with Crippen LogP contribution in [0.15, 0.2) is 28.9 Å². The van der Waals surface area contributed by atoms with Crippen molar-refractivity contribution in [1.82, 2.24) is 0 Å². The summed E-state index contributed by atoms with van der Waals surface area (Å²) in [4.78, 5) is 11.4. The predicted octanol–water partition coefficient (Wildman–Crippen LogP) is 3.08. The molecule has 0 heterocycles. The minimum atomic E-state index is -0.372. The summed E-state index contributed by atoms with van der Waals surface area (Å²) in [5, 5.41) is 10.0. The molecule has 2 N–H and O–H groups in total. The van der Waals surface area contributed by atoms with E-state index in [1.54, 1.807) is 18.3 Å². The minimum Gasteiger partial charge on any atom is -0.465 e. The quantitative estimate of drug-likeness (QED) is 0.663. The summed E-state index contributed by atoms with van der Waals surface area (Å²) in [5.74, 6) is -0.372. The van der Waals surface area contributed by atoms with Crippen molar-refractivity contribution in [3.05, 3.63) is 40.0 Å². The van der Waals surface area contributed by atoms with Gasteiger partial charge < -0.3 is 15.5 Å². The van der Waals surface area contributed by atoms with Gasteiger partial charge >= 0.3 is 5.97 Å². The lowest BCUT2D eigenvalue weighted by Gasteiger charge is -2.07. The number of hydrogen-bond acceptors (Lipinski definition) is 4. The summed E-state index contributed by atoms with van der Waals surface area (Å²) in [7, 11) is 1.35. The molecule has 1 aromatic carbocycles. The van der Waals surface area contributed by atoms with Crippen LogP contribution in [0, 0.1) is 12.3 Å². The minimum absolute atomic E-state index is 0.372. The zero-order chi connectivity index (χ0) is 12.8. The van der Waals surface area contributed by atoms with Gasteiger partial charge in [-0.25, -0.2) is 4.79 Å². The molecule has 0 aliphatic carbocycles. The lowest BCUT2D eigenvalue weighted by molar-refractivity contribution is 0.0601. The van der Waals surface area contributed by atoms with Crippen LogP contribution in [0.25, 0.3) is 0 Å². The highest BCUT2D eigenvalue weighted by Crippen LogP contribution is 2.18. The summed E-state index contributed by atoms with van der Waals surface area (Å²) in [6.07, 6.45) is 2.81. The van der Waals surface area contributed by atoms with Crippen LogP contribution in [-0.2, 0) is 4.74 Å². The standard InChI is InChI=1S/C12H13BrN2O2/c1-8-3-4-9(12(16)17-2)5-11(8)15-7-10(13)6-14/h3-7,14-15H,1-2H3/b10-7+,14-6?. The van der Waals surface area contributed by atoms with Crippen LogP contribution >= 0.6 is 15.9 Å². The molecule has 1 rings (SSSR count). The average molecular weight is 297 g/mol. The smallest absolute Gasteiger partial charge is 0.337 e. The predicted molar refractivity (Wildman–Crippen MR) is 71.9 cm³/mol. The van der Waals surface area contributed by atoms with Gasteiger partial charge in [-0.3, -0.25) is 0 Å². The maximum atomic E-state index is 11.4. The Morgan fingerprint density at radius 1 is 1.53 bits per heavy atom. The van der Waals surface area contributed by atoms with Gasteiger partial charge in [0.2, 0.25) is 0 Å². The topological polar surface area (TPSA) is 62.2 Å². The average Bonchev–Trinajstić information content (AvgIpc) is 2.36. The second-order valence-corrected chi connectivity index (χ2v) is 4.25. The number of ether oxygens (including phenoxy) is 1. The maximum absolute atomic E-state index is 11.4. The van der Waals surface area contributed by atoms with Gasteiger partial charge in [0.05, 0.1) is 17.2 Å². The summed E-state index contributed by atoms with van der Waals surface area (Å²) in [6, 6.07) is 5.25. The number of benzene rings is 1. The molecule has 0 aliphatic heterocycles. The number of carbonyl (C=O) groups excluding carboxylic acids is 1. The van der Waals surface area contributed by atoms with E-state index in [0.717, 1.165) is 11.3 Å². The van der Waals surface area contributed by atoms with Gasteiger partial charge in [-0.05, 0) is 40.5 Å². The third kappa shape index (κ3) is 3.71. The molecule has 0 aliphatic rings. The lowest BCUT2D eigenvalue weighted by atomic mass is 10.1. The van der Waals surface area contributed by atoms with Gasteiger partial charge in [-0.15, -0.1) is 0 Å². The normalized spacial score (nSPS) is 10.9. The first kappa shape index (κ1) is 13.4. The number of carbonyl (C=O) groups is 1. The van der Waals surface area contributed by atoms with E-state index < -0.39 is 0 Å². The fourth-order valence-corrected chi connectivity index (χ4v) is 1.33. The van der Waals surface area contributed by atoms with Crippen LogP contribution in [-0.4, -0.2) is 19.3 Å². The van der Waals surface area contributed by atoms with E-state index in [0.29, 0.717) is 10.0 Å². The van der Waals surface area contributed by atoms with Crippen molar-refractivity contribution in [1.29, 1.82) is 5.41 Å². The molecule has 0 saturated heterocycles. The van der Waals surface area contributed by atoms with Crippen molar-refractivity contribution in [2.24, 2.45) is 0 Å². The summed E-state index contributed by atoms with van der Waals surface area (Å²) in [5.41, 5.74) is 2.28. The molecule has 0 aromatic heterocycles. The molecule has 4 nitrogen and oxygen atoms in total. The molecular formula is C12H13BrN2O2. The van der Waals surface area contributed by atoms with Crippen LogP contribution in [0.4, 0.5) is 5.69 Å². The van der Waals surface area contributed by atoms with E-state index in [1.807, 2.05) is 13.0 Å². The van der Waals surface area contributed by atoms with Crippen LogP contribution < -0.4 is 5.32 Å². The van der Waals surface area contributed by atoms with Gasteiger partial charge in [-0.1, -0.05) is 6.07 Å². The number of hydrogen-bond donors (Lipinski definition) is 2. The first-order valence-corrected chi connectivity index (χ1v) is 5.69. The molecule has 5 heteroatoms. The zero-order valence-electron chi connectivity index (χ0n) is 9.58. The van der Waals surface area contributed by atoms with Crippen molar-refractivity contribution in [3.8, 4) is 0 Å². The molecule has 0 saturated carbocycles. The van der Waals surface area contributed by atoms with Crippen molar-refractivity contribution in [2.75, 3.05) is 12.4 Å². The largest absolute Gasteiger partial charge is 0.465 e. The van der Waals surface area contributed by atoms with E-state index in [2.05, 4.69) is 26.0 Å². The van der Waals surface area contributed by atoms with Gasteiger partial charge in [0.1, 0.15) is 0 Å². The van der Waals surface area contributed by atoms with E-state index in [4.69, 9.17) is 5.41 Å². The molecule has 1 aromatic rings. The molecule has 0 atom stereocenters. The molecule has 0 amide bonds. The maximum Gasteiger partial charge on any atom is 0.337 e. The Kier molecular flexibility index (Phi) is 4.90. The monoisotopic (exact) mass is 296 g/mol. The third-order valence-electron chi connectivity index (χ3n) is 2.16. The van der Waals surface area contributed by atoms with E-state index in [1.165, 1.54) is 13.3 Å². The van der Waals surface area contributed by atoms with Crippen molar-refractivity contribution >= 4 is 33.8 Å². The Balaban J connectivity index is 2.98. The summed E-state index contributed by atoms with van der Waals surface area (Å²) >= 11 is 3.18. The number of aryl methyl sites for hydroxylation is 1. The SMILES string of the molecule is COC(=O)c1ccc(C)c(N/C=C(/Br)C=N)c1. The van der Waals surface area contributed by atoms with E-state index in [9.17, 15) is 4.79 Å². The highest BCUT2D eigenvalue weighted by Gasteiger charge is 2.07. The van der Waals surface area contributed by atoms with E-state index in [-0.39, 0.29) is 5.97 Å². The molecule has 0 bridgehead atoms. The highest BCUT2D eigenvalue weighted by molar-refractivity contribution is 9.12. The number of methoxy groups -OCH3 is 1. The highest BCUT2D eigenvalue weighted by atomic mass is 79.9. The molecule has 0 spiro atoms. The molecule has 0 fully saturated rings. The Bertz CT molecular complexity index is 470. The fraction of sp³-hybridized carbons (Fsp3) is 0.167. The second kappa shape index (κ2) is 6.20. The molecule has 0 unspecified atom stereocenters. The van der Waals surface area contributed by atoms with Crippen molar-refractivity contribution in [2.45, 2.75) is 6.92 Å². The molecular weight excluding hydrogens is 284 g/mol. The number of allylic oxidation sites excluding steroid dienone is 1. The number of nitrogens with one attached hydrogen (secondary N) is 2. The van der Waals surface area contributed by atoms with Crippen molar-refractivity contribution < 1.29 is 9.53 Å². The Morgan fingerprint density at radius 2 is 2.24 bits per heavy atom. The van der Waals surface area contributed by atoms with Crippen molar-refractivity contribution in [3.63, 3.8) is 0 Å². The Morgan fingerprint density at radius 3 is 2.82 bits per heavy atom. The number of rotatable bonds is 4. The number of halogens is 1. The number of anilines is 1. The van der Waals surface area contributed by atoms with Gasteiger partial charge in [-0.2, -0.15) is 0 Å². The Labute approximate surface area is 108 Å². The lowest BCUT2D eigenvalue weighted by Crippen LogP contribution is -2.02. The van der Waals surface area contributed by atoms with Gasteiger partial charge in [0.25, 0.3) is 0 Å². The molecule has 90 valence electrons. The summed E-state index contributed by atoms with van der Waals surface area (Å²) in [6.45, 7) is 1.93. The van der Waals surface area contributed by atoms with E-state index >= 15 is 0 Å². The Hall–Kier alpha value is -1.62. The zero-order valence-corrected chi connectivity index (χ0v) is 11.2. The fourth-order valence-electron chi connectivity index (χ4n) is 1.21. The first-order chi connectivity index (χ1) is 8.08. The van der Waals surface area contributed by atoms with Crippen LogP contribution in [0.5, 0.6) is 0 Å². The second-order valence-electron chi connectivity index (χ2n) is 3.34. The van der Waals surface area contributed by atoms with Gasteiger partial charge in [0.15, 0.2) is 0 Å².